The molecule has 2 N–H and O–H groups in total. The zero-order valence-corrected chi connectivity index (χ0v) is 9.42. The van der Waals surface area contributed by atoms with Gasteiger partial charge < -0.3 is 15.2 Å². The van der Waals surface area contributed by atoms with Crippen LogP contribution >= 0.6 is 0 Å². The Morgan fingerprint density at radius 3 is 2.50 bits per heavy atom. The Hall–Kier alpha value is -0.965. The maximum atomic E-state index is 10.7. The van der Waals surface area contributed by atoms with Gasteiger partial charge in [-0.25, -0.2) is 0 Å². The molecule has 0 heterocycles. The monoisotopic (exact) mass is 199 g/mol. The van der Waals surface area contributed by atoms with Crippen LogP contribution in [-0.2, 0) is 9.53 Å². The van der Waals surface area contributed by atoms with Gasteiger partial charge in [-0.2, -0.15) is 0 Å². The molecular weight excluding hydrogens is 181 g/mol. The molecule has 2 atom stereocenters. The van der Waals surface area contributed by atoms with Gasteiger partial charge in [-0.3, -0.25) is 4.79 Å². The van der Waals surface area contributed by atoms with Crippen LogP contribution in [0.5, 0.6) is 0 Å². The van der Waals surface area contributed by atoms with Gasteiger partial charge in [0.1, 0.15) is 0 Å². The molecule has 0 rings (SSSR count). The Kier molecular flexibility index (Phi) is 4.70. The summed E-state index contributed by atoms with van der Waals surface area (Å²) in [5.74, 6) is -1.36. The molecule has 0 fully saturated rings. The van der Waals surface area contributed by atoms with E-state index < -0.39 is 17.4 Å². The summed E-state index contributed by atoms with van der Waals surface area (Å²) in [4.78, 5) is 10.7. The zero-order valence-electron chi connectivity index (χ0n) is 9.42. The molecule has 0 amide bonds. The molecule has 0 saturated carbocycles. The predicted octanol–water partition coefficient (Wildman–Crippen LogP) is -0.194. The number of carbonyl (C=O) groups is 1. The summed E-state index contributed by atoms with van der Waals surface area (Å²) in [5.41, 5.74) is 0.285. The van der Waals surface area contributed by atoms with Crippen LogP contribution in [0.2, 0.25) is 0 Å². The number of aliphatic carboxylic acids is 1. The van der Waals surface area contributed by atoms with E-state index in [4.69, 9.17) is 9.84 Å². The number of ether oxygens (including phenoxy) is 1. The lowest BCUT2D eigenvalue weighted by atomic mass is 9.79. The van der Waals surface area contributed by atoms with Crippen LogP contribution in [0.4, 0.5) is 0 Å². The SMILES string of the molecule is BC(C)(OC)/C(=C\C(C)C(=O)O)NC. The largest absolute Gasteiger partial charge is 0.481 e. The number of methoxy groups -OCH3 is 1. The van der Waals surface area contributed by atoms with Gasteiger partial charge in [-0.15, -0.1) is 0 Å². The van der Waals surface area contributed by atoms with E-state index in [9.17, 15) is 4.79 Å². The topological polar surface area (TPSA) is 58.6 Å². The van der Waals surface area contributed by atoms with Gasteiger partial charge in [0.25, 0.3) is 0 Å². The molecule has 0 aromatic rings. The normalized spacial score (nSPS) is 18.4. The van der Waals surface area contributed by atoms with E-state index in [1.807, 2.05) is 14.8 Å². The Labute approximate surface area is 85.7 Å². The summed E-state index contributed by atoms with van der Waals surface area (Å²) < 4.78 is 5.25. The molecule has 0 bridgehead atoms. The van der Waals surface area contributed by atoms with E-state index in [-0.39, 0.29) is 0 Å². The van der Waals surface area contributed by atoms with Crippen LogP contribution in [0, 0.1) is 5.92 Å². The maximum absolute atomic E-state index is 10.7. The van der Waals surface area contributed by atoms with E-state index in [1.165, 1.54) is 0 Å². The van der Waals surface area contributed by atoms with Crippen LogP contribution in [0.25, 0.3) is 0 Å². The molecule has 0 radical (unpaired) electrons. The number of carboxylic acids is 1. The summed E-state index contributed by atoms with van der Waals surface area (Å²) in [6, 6.07) is 0. The first-order chi connectivity index (χ1) is 6.35. The Balaban J connectivity index is 4.80. The van der Waals surface area contributed by atoms with E-state index in [0.717, 1.165) is 5.70 Å². The number of rotatable bonds is 5. The Morgan fingerprint density at radius 2 is 2.21 bits per heavy atom. The van der Waals surface area contributed by atoms with Gasteiger partial charge in [-0.05, 0) is 19.9 Å². The molecule has 2 unspecified atom stereocenters. The highest BCUT2D eigenvalue weighted by Crippen LogP contribution is 2.15. The molecular formula is C9H18BNO3. The predicted molar refractivity (Wildman–Crippen MR) is 57.9 cm³/mol. The third-order valence-corrected chi connectivity index (χ3v) is 2.23. The van der Waals surface area contributed by atoms with Crippen molar-refractivity contribution in [3.05, 3.63) is 11.8 Å². The van der Waals surface area contributed by atoms with Crippen LogP contribution in [0.3, 0.4) is 0 Å². The highest BCUT2D eigenvalue weighted by Gasteiger charge is 2.23. The molecule has 0 aromatic heterocycles. The first kappa shape index (κ1) is 13.0. The van der Waals surface area contributed by atoms with Crippen LogP contribution in [-0.4, -0.2) is 38.6 Å². The highest BCUT2D eigenvalue weighted by atomic mass is 16.5. The average Bonchev–Trinajstić information content (AvgIpc) is 2.13. The van der Waals surface area contributed by atoms with Crippen molar-refractivity contribution in [2.75, 3.05) is 14.2 Å². The lowest BCUT2D eigenvalue weighted by Gasteiger charge is -2.27. The number of carboxylic acid groups (broad SMARTS) is 1. The van der Waals surface area contributed by atoms with Crippen molar-refractivity contribution >= 4 is 13.8 Å². The van der Waals surface area contributed by atoms with Gasteiger partial charge >= 0.3 is 5.97 Å². The molecule has 0 saturated heterocycles. The smallest absolute Gasteiger partial charge is 0.310 e. The number of nitrogens with one attached hydrogen (secondary N) is 1. The molecule has 14 heavy (non-hydrogen) atoms. The minimum absolute atomic E-state index is 0.488. The minimum atomic E-state index is -0.843. The lowest BCUT2D eigenvalue weighted by Crippen LogP contribution is -2.37. The third kappa shape index (κ3) is 3.42. The maximum Gasteiger partial charge on any atom is 0.310 e. The van der Waals surface area contributed by atoms with Crippen molar-refractivity contribution < 1.29 is 14.6 Å². The highest BCUT2D eigenvalue weighted by molar-refractivity contribution is 6.16. The molecule has 80 valence electrons. The van der Waals surface area contributed by atoms with Crippen LogP contribution in [0.1, 0.15) is 13.8 Å². The summed E-state index contributed by atoms with van der Waals surface area (Å²) in [6.07, 6.45) is 1.66. The van der Waals surface area contributed by atoms with Crippen molar-refractivity contribution in [2.45, 2.75) is 19.3 Å². The van der Waals surface area contributed by atoms with E-state index in [2.05, 4.69) is 5.32 Å². The van der Waals surface area contributed by atoms with Crippen molar-refractivity contribution in [1.29, 1.82) is 0 Å². The molecule has 0 aliphatic heterocycles. The van der Waals surface area contributed by atoms with Gasteiger partial charge in [0.15, 0.2) is 7.85 Å². The van der Waals surface area contributed by atoms with Crippen LogP contribution < -0.4 is 5.32 Å². The number of likely N-dealkylation sites (N-methyl/N-ethyl adjacent to an activating group) is 1. The second kappa shape index (κ2) is 5.05. The van der Waals surface area contributed by atoms with Gasteiger partial charge in [0.2, 0.25) is 0 Å². The Bertz CT molecular complexity index is 238. The average molecular weight is 199 g/mol. The fourth-order valence-electron chi connectivity index (χ4n) is 1.02. The number of hydrogen-bond donors (Lipinski definition) is 2. The lowest BCUT2D eigenvalue weighted by molar-refractivity contribution is -0.139. The first-order valence-corrected chi connectivity index (χ1v) is 4.53. The van der Waals surface area contributed by atoms with Crippen molar-refractivity contribution in [3.8, 4) is 0 Å². The van der Waals surface area contributed by atoms with Crippen LogP contribution in [0.15, 0.2) is 11.8 Å². The molecule has 0 spiro atoms. The van der Waals surface area contributed by atoms with E-state index in [0.29, 0.717) is 0 Å². The summed E-state index contributed by atoms with van der Waals surface area (Å²) in [5, 5.41) is 11.7. The van der Waals surface area contributed by atoms with Gasteiger partial charge in [0, 0.05) is 19.9 Å². The molecule has 0 aromatic carbocycles. The second-order valence-electron chi connectivity index (χ2n) is 3.67. The van der Waals surface area contributed by atoms with Gasteiger partial charge in [-0.1, -0.05) is 0 Å². The van der Waals surface area contributed by atoms with E-state index in [1.54, 1.807) is 27.2 Å². The van der Waals surface area contributed by atoms with E-state index >= 15 is 0 Å². The fraction of sp³-hybridized carbons (Fsp3) is 0.667. The van der Waals surface area contributed by atoms with Gasteiger partial charge in [0.05, 0.1) is 11.4 Å². The van der Waals surface area contributed by atoms with Crippen molar-refractivity contribution in [3.63, 3.8) is 0 Å². The number of hydrogen-bond acceptors (Lipinski definition) is 3. The molecule has 5 heteroatoms. The zero-order chi connectivity index (χ0) is 11.4. The summed E-state index contributed by atoms with van der Waals surface area (Å²) >= 11 is 0. The standard InChI is InChI=1S/C9H18BNO3/c1-6(8(12)13)5-7(11-3)9(2,10)14-4/h5-6,11H,10H2,1-4H3,(H,12,13)/b7-5+. The molecule has 0 aliphatic carbocycles. The molecule has 4 nitrogen and oxygen atoms in total. The third-order valence-electron chi connectivity index (χ3n) is 2.23. The molecule has 0 aliphatic rings. The minimum Gasteiger partial charge on any atom is -0.481 e. The fourth-order valence-corrected chi connectivity index (χ4v) is 1.02. The first-order valence-electron chi connectivity index (χ1n) is 4.53. The van der Waals surface area contributed by atoms with Crippen molar-refractivity contribution in [1.82, 2.24) is 5.32 Å². The summed E-state index contributed by atoms with van der Waals surface area (Å²) in [7, 11) is 5.22. The summed E-state index contributed by atoms with van der Waals surface area (Å²) in [6.45, 7) is 3.51. The Morgan fingerprint density at radius 1 is 1.71 bits per heavy atom. The second-order valence-corrected chi connectivity index (χ2v) is 3.67. The quantitative estimate of drug-likeness (QED) is 0.602. The van der Waals surface area contributed by atoms with Crippen molar-refractivity contribution in [2.24, 2.45) is 5.92 Å².